The van der Waals surface area contributed by atoms with E-state index in [2.05, 4.69) is 26.0 Å². The molecule has 2 heteroatoms. The number of carbonyl (C=O) groups excluding carboxylic acids is 1. The van der Waals surface area contributed by atoms with Gasteiger partial charge in [0.2, 0.25) is 5.91 Å². The smallest absolute Gasteiger partial charge is 0.220 e. The average Bonchev–Trinajstić information content (AvgIpc) is 2.91. The van der Waals surface area contributed by atoms with E-state index in [1.165, 1.54) is 173 Å². The number of rotatable bonds is 32. The van der Waals surface area contributed by atoms with Gasteiger partial charge in [0, 0.05) is 5.92 Å². The van der Waals surface area contributed by atoms with E-state index in [0.717, 1.165) is 19.3 Å². The standard InChI is InChI=1S/C36H71NO/c1-3-5-7-9-11-13-15-17-19-20-22-24-26-28-30-32-34-35(36(37)38)33-31-29-27-25-23-21-18-16-14-12-10-8-6-4-2/h18,21,35H,3-17,19-20,22-34H2,1-2H3,(H2,37,38). The fourth-order valence-electron chi connectivity index (χ4n) is 5.65. The number of allylic oxidation sites excluding steroid dienone is 2. The minimum absolute atomic E-state index is 0.0661. The van der Waals surface area contributed by atoms with Crippen LogP contribution in [0, 0.1) is 5.92 Å². The van der Waals surface area contributed by atoms with Gasteiger partial charge >= 0.3 is 0 Å². The first-order chi connectivity index (χ1) is 18.7. The quantitative estimate of drug-likeness (QED) is 0.0678. The Labute approximate surface area is 240 Å². The summed E-state index contributed by atoms with van der Waals surface area (Å²) in [5.41, 5.74) is 5.71. The Morgan fingerprint density at radius 3 is 1.00 bits per heavy atom. The fraction of sp³-hybridized carbons (Fsp3) is 0.917. The van der Waals surface area contributed by atoms with Crippen molar-refractivity contribution < 1.29 is 4.79 Å². The molecule has 0 fully saturated rings. The van der Waals surface area contributed by atoms with Crippen LogP contribution in [-0.2, 0) is 4.79 Å². The van der Waals surface area contributed by atoms with Crippen LogP contribution in [0.2, 0.25) is 0 Å². The third-order valence-corrected chi connectivity index (χ3v) is 8.37. The maximum Gasteiger partial charge on any atom is 0.220 e. The molecule has 0 saturated carbocycles. The lowest BCUT2D eigenvalue weighted by Gasteiger charge is -2.13. The zero-order valence-corrected chi connectivity index (χ0v) is 26.4. The lowest BCUT2D eigenvalue weighted by Crippen LogP contribution is -2.23. The van der Waals surface area contributed by atoms with Crippen molar-refractivity contribution in [1.82, 2.24) is 0 Å². The van der Waals surface area contributed by atoms with Crippen LogP contribution < -0.4 is 5.73 Å². The highest BCUT2D eigenvalue weighted by Gasteiger charge is 2.14. The van der Waals surface area contributed by atoms with Crippen molar-refractivity contribution in [2.45, 2.75) is 206 Å². The monoisotopic (exact) mass is 534 g/mol. The van der Waals surface area contributed by atoms with E-state index in [9.17, 15) is 4.79 Å². The van der Waals surface area contributed by atoms with Crippen LogP contribution in [0.3, 0.4) is 0 Å². The summed E-state index contributed by atoms with van der Waals surface area (Å²) >= 11 is 0. The second kappa shape index (κ2) is 32.4. The van der Waals surface area contributed by atoms with Crippen molar-refractivity contribution in [3.8, 4) is 0 Å². The number of amides is 1. The number of hydrogen-bond donors (Lipinski definition) is 1. The molecule has 0 aliphatic heterocycles. The van der Waals surface area contributed by atoms with Crippen LogP contribution in [-0.4, -0.2) is 5.91 Å². The van der Waals surface area contributed by atoms with E-state index in [4.69, 9.17) is 5.73 Å². The van der Waals surface area contributed by atoms with Crippen molar-refractivity contribution in [3.63, 3.8) is 0 Å². The van der Waals surface area contributed by atoms with E-state index < -0.39 is 0 Å². The summed E-state index contributed by atoms with van der Waals surface area (Å²) in [7, 11) is 0. The van der Waals surface area contributed by atoms with Crippen LogP contribution in [0.4, 0.5) is 0 Å². The van der Waals surface area contributed by atoms with Crippen molar-refractivity contribution >= 4 is 5.91 Å². The molecule has 2 nitrogen and oxygen atoms in total. The minimum Gasteiger partial charge on any atom is -0.369 e. The molecule has 0 aromatic rings. The van der Waals surface area contributed by atoms with Gasteiger partial charge in [0.1, 0.15) is 0 Å². The van der Waals surface area contributed by atoms with Crippen molar-refractivity contribution in [2.24, 2.45) is 11.7 Å². The van der Waals surface area contributed by atoms with Gasteiger partial charge in [-0.15, -0.1) is 0 Å². The van der Waals surface area contributed by atoms with Gasteiger partial charge in [-0.1, -0.05) is 180 Å². The molecule has 0 rings (SSSR count). The highest BCUT2D eigenvalue weighted by atomic mass is 16.1. The second-order valence-corrected chi connectivity index (χ2v) is 12.2. The average molecular weight is 534 g/mol. The molecule has 0 aromatic carbocycles. The lowest BCUT2D eigenvalue weighted by atomic mass is 9.93. The van der Waals surface area contributed by atoms with E-state index in [1.807, 2.05) is 0 Å². The van der Waals surface area contributed by atoms with Crippen LogP contribution in [0.1, 0.15) is 206 Å². The maximum absolute atomic E-state index is 11.9. The maximum atomic E-state index is 11.9. The Bertz CT molecular complexity index is 486. The van der Waals surface area contributed by atoms with Gasteiger partial charge < -0.3 is 5.73 Å². The molecule has 2 N–H and O–H groups in total. The molecule has 1 unspecified atom stereocenters. The number of unbranched alkanes of at least 4 members (excludes halogenated alkanes) is 25. The first-order valence-corrected chi connectivity index (χ1v) is 17.7. The molecular weight excluding hydrogens is 462 g/mol. The van der Waals surface area contributed by atoms with Gasteiger partial charge in [0.25, 0.3) is 0 Å². The van der Waals surface area contributed by atoms with Gasteiger partial charge in [-0.25, -0.2) is 0 Å². The highest BCUT2D eigenvalue weighted by molar-refractivity contribution is 5.76. The molecule has 0 aliphatic rings. The molecular formula is C36H71NO. The third-order valence-electron chi connectivity index (χ3n) is 8.37. The van der Waals surface area contributed by atoms with E-state index >= 15 is 0 Å². The molecule has 0 heterocycles. The highest BCUT2D eigenvalue weighted by Crippen LogP contribution is 2.19. The molecule has 0 aromatic heterocycles. The summed E-state index contributed by atoms with van der Waals surface area (Å²) in [5.74, 6) is 0.0439. The number of hydrogen-bond acceptors (Lipinski definition) is 1. The predicted molar refractivity (Wildman–Crippen MR) is 172 cm³/mol. The van der Waals surface area contributed by atoms with Crippen molar-refractivity contribution in [1.29, 1.82) is 0 Å². The van der Waals surface area contributed by atoms with Crippen molar-refractivity contribution in [2.75, 3.05) is 0 Å². The van der Waals surface area contributed by atoms with Gasteiger partial charge in [0.15, 0.2) is 0 Å². The van der Waals surface area contributed by atoms with Crippen LogP contribution in [0.15, 0.2) is 12.2 Å². The lowest BCUT2D eigenvalue weighted by molar-refractivity contribution is -0.122. The summed E-state index contributed by atoms with van der Waals surface area (Å²) in [4.78, 5) is 11.9. The predicted octanol–water partition coefficient (Wildman–Crippen LogP) is 12.4. The number of primary amides is 1. The second-order valence-electron chi connectivity index (χ2n) is 12.2. The van der Waals surface area contributed by atoms with Gasteiger partial charge in [-0.2, -0.15) is 0 Å². The van der Waals surface area contributed by atoms with Crippen LogP contribution in [0.5, 0.6) is 0 Å². The van der Waals surface area contributed by atoms with Gasteiger partial charge in [-0.05, 0) is 38.5 Å². The Morgan fingerprint density at radius 1 is 0.447 bits per heavy atom. The van der Waals surface area contributed by atoms with Crippen molar-refractivity contribution in [3.05, 3.63) is 12.2 Å². The van der Waals surface area contributed by atoms with Gasteiger partial charge in [0.05, 0.1) is 0 Å². The molecule has 1 atom stereocenters. The largest absolute Gasteiger partial charge is 0.369 e. The summed E-state index contributed by atoms with van der Waals surface area (Å²) in [6, 6.07) is 0. The normalized spacial score (nSPS) is 12.5. The summed E-state index contributed by atoms with van der Waals surface area (Å²) in [6.45, 7) is 4.57. The van der Waals surface area contributed by atoms with Crippen LogP contribution in [0.25, 0.3) is 0 Å². The topological polar surface area (TPSA) is 43.1 Å². The number of nitrogens with two attached hydrogens (primary N) is 1. The summed E-state index contributed by atoms with van der Waals surface area (Å²) in [5, 5.41) is 0. The Balaban J connectivity index is 3.43. The molecule has 0 bridgehead atoms. The van der Waals surface area contributed by atoms with E-state index in [0.29, 0.717) is 0 Å². The number of carbonyl (C=O) groups is 1. The minimum atomic E-state index is -0.0661. The molecule has 0 saturated heterocycles. The van der Waals surface area contributed by atoms with Crippen LogP contribution >= 0.6 is 0 Å². The first-order valence-electron chi connectivity index (χ1n) is 17.7. The molecule has 1 amide bonds. The zero-order valence-electron chi connectivity index (χ0n) is 26.4. The van der Waals surface area contributed by atoms with E-state index in [-0.39, 0.29) is 11.8 Å². The third kappa shape index (κ3) is 29.8. The van der Waals surface area contributed by atoms with E-state index in [1.54, 1.807) is 0 Å². The summed E-state index contributed by atoms with van der Waals surface area (Å²) in [6.07, 6.45) is 44.8. The molecule has 0 aliphatic carbocycles. The zero-order chi connectivity index (χ0) is 27.8. The Kier molecular flexibility index (Phi) is 31.7. The molecule has 0 spiro atoms. The summed E-state index contributed by atoms with van der Waals surface area (Å²) < 4.78 is 0. The fourth-order valence-corrected chi connectivity index (χ4v) is 5.65. The SMILES string of the molecule is CCCCCCCCC=CCCCCCCC(CCCCCCCCCCCCCCCCCC)C(N)=O. The molecule has 0 radical (unpaired) electrons. The Morgan fingerprint density at radius 2 is 0.711 bits per heavy atom. The molecule has 38 heavy (non-hydrogen) atoms. The van der Waals surface area contributed by atoms with Gasteiger partial charge in [-0.3, -0.25) is 4.79 Å². The Hall–Kier alpha value is -0.790. The first kappa shape index (κ1) is 37.2. The molecule has 226 valence electrons.